The Morgan fingerprint density at radius 2 is 2.29 bits per heavy atom. The van der Waals surface area contributed by atoms with Gasteiger partial charge in [-0.1, -0.05) is 0 Å². The Balaban J connectivity index is 1.80. The van der Waals surface area contributed by atoms with E-state index in [0.29, 0.717) is 23.0 Å². The lowest BCUT2D eigenvalue weighted by atomic mass is 10.3. The maximum atomic E-state index is 11.9. The van der Waals surface area contributed by atoms with Crippen molar-refractivity contribution >= 4 is 28.2 Å². The summed E-state index contributed by atoms with van der Waals surface area (Å²) in [5, 5.41) is 22.8. The van der Waals surface area contributed by atoms with E-state index in [4.69, 9.17) is 10.4 Å². The maximum Gasteiger partial charge on any atom is 0.317 e. The van der Waals surface area contributed by atoms with Gasteiger partial charge in [-0.25, -0.2) is 0 Å². The molecule has 1 fully saturated rings. The number of anilines is 1. The average molecular weight is 307 g/mol. The zero-order chi connectivity index (χ0) is 15.2. The molecule has 0 bridgehead atoms. The van der Waals surface area contributed by atoms with Gasteiger partial charge in [0.05, 0.1) is 12.1 Å². The number of nitriles is 1. The Morgan fingerprint density at radius 3 is 2.90 bits per heavy atom. The van der Waals surface area contributed by atoms with Gasteiger partial charge in [0.1, 0.15) is 11.1 Å². The molecule has 1 amide bonds. The summed E-state index contributed by atoms with van der Waals surface area (Å²) in [6.45, 7) is 1.12. The number of carbonyl (C=O) groups is 2. The molecule has 0 radical (unpaired) electrons. The first-order valence-corrected chi connectivity index (χ1v) is 7.68. The SMILES string of the molecule is N#Cc1ccsc1NC(=O)CCN(CC(=O)O)CC1CC1. The van der Waals surface area contributed by atoms with Gasteiger partial charge in [-0.15, -0.1) is 11.3 Å². The van der Waals surface area contributed by atoms with Gasteiger partial charge in [0.25, 0.3) is 0 Å². The number of hydrogen-bond donors (Lipinski definition) is 2. The molecule has 7 heteroatoms. The minimum atomic E-state index is -0.874. The van der Waals surface area contributed by atoms with E-state index in [1.807, 2.05) is 6.07 Å². The first-order chi connectivity index (χ1) is 10.1. The highest BCUT2D eigenvalue weighted by Crippen LogP contribution is 2.29. The highest BCUT2D eigenvalue weighted by Gasteiger charge is 2.25. The third-order valence-electron chi connectivity index (χ3n) is 3.27. The first kappa shape index (κ1) is 15.5. The molecule has 0 atom stereocenters. The van der Waals surface area contributed by atoms with Gasteiger partial charge < -0.3 is 10.4 Å². The molecule has 1 aromatic rings. The molecule has 1 aliphatic rings. The molecule has 0 spiro atoms. The molecule has 2 N–H and O–H groups in total. The maximum absolute atomic E-state index is 11.9. The molecule has 21 heavy (non-hydrogen) atoms. The van der Waals surface area contributed by atoms with E-state index in [9.17, 15) is 9.59 Å². The van der Waals surface area contributed by atoms with Crippen molar-refractivity contribution in [3.63, 3.8) is 0 Å². The van der Waals surface area contributed by atoms with Gasteiger partial charge in [0.2, 0.25) is 5.91 Å². The highest BCUT2D eigenvalue weighted by atomic mass is 32.1. The predicted molar refractivity (Wildman–Crippen MR) is 79.1 cm³/mol. The van der Waals surface area contributed by atoms with E-state index in [0.717, 1.165) is 19.4 Å². The molecule has 0 aliphatic heterocycles. The minimum Gasteiger partial charge on any atom is -0.480 e. The van der Waals surface area contributed by atoms with Crippen LogP contribution in [0, 0.1) is 17.2 Å². The summed E-state index contributed by atoms with van der Waals surface area (Å²) < 4.78 is 0. The van der Waals surface area contributed by atoms with Crippen LogP contribution in [0.4, 0.5) is 5.00 Å². The van der Waals surface area contributed by atoms with Crippen LogP contribution in [0.2, 0.25) is 0 Å². The van der Waals surface area contributed by atoms with Gasteiger partial charge >= 0.3 is 5.97 Å². The standard InChI is InChI=1S/C14H17N3O3S/c15-7-11-4-6-21-14(11)16-12(18)3-5-17(9-13(19)20)8-10-1-2-10/h4,6,10H,1-3,5,8-9H2,(H,16,18)(H,19,20). The van der Waals surface area contributed by atoms with Gasteiger partial charge in [0.15, 0.2) is 0 Å². The summed E-state index contributed by atoms with van der Waals surface area (Å²) in [4.78, 5) is 24.5. The van der Waals surface area contributed by atoms with Crippen molar-refractivity contribution in [1.82, 2.24) is 4.90 Å². The zero-order valence-electron chi connectivity index (χ0n) is 11.5. The lowest BCUT2D eigenvalue weighted by Gasteiger charge is -2.19. The van der Waals surface area contributed by atoms with Crippen molar-refractivity contribution in [2.75, 3.05) is 25.0 Å². The molecule has 1 aromatic heterocycles. The number of carboxylic acid groups (broad SMARTS) is 1. The monoisotopic (exact) mass is 307 g/mol. The van der Waals surface area contributed by atoms with Crippen LogP contribution in [0.25, 0.3) is 0 Å². The van der Waals surface area contributed by atoms with Crippen molar-refractivity contribution in [2.45, 2.75) is 19.3 Å². The van der Waals surface area contributed by atoms with E-state index < -0.39 is 5.97 Å². The van der Waals surface area contributed by atoms with Crippen molar-refractivity contribution in [3.05, 3.63) is 17.0 Å². The van der Waals surface area contributed by atoms with Crippen LogP contribution in [0.15, 0.2) is 11.4 Å². The molecule has 6 nitrogen and oxygen atoms in total. The Bertz CT molecular complexity index is 560. The van der Waals surface area contributed by atoms with Crippen molar-refractivity contribution in [2.24, 2.45) is 5.92 Å². The smallest absolute Gasteiger partial charge is 0.317 e. The highest BCUT2D eigenvalue weighted by molar-refractivity contribution is 7.14. The van der Waals surface area contributed by atoms with E-state index in [-0.39, 0.29) is 18.9 Å². The first-order valence-electron chi connectivity index (χ1n) is 6.80. The van der Waals surface area contributed by atoms with Crippen LogP contribution >= 0.6 is 11.3 Å². The number of carboxylic acids is 1. The van der Waals surface area contributed by atoms with Crippen LogP contribution in [0.1, 0.15) is 24.8 Å². The fourth-order valence-corrected chi connectivity index (χ4v) is 2.79. The van der Waals surface area contributed by atoms with E-state index in [1.165, 1.54) is 11.3 Å². The second-order valence-electron chi connectivity index (χ2n) is 5.15. The molecule has 1 heterocycles. The second kappa shape index (κ2) is 7.20. The topological polar surface area (TPSA) is 93.4 Å². The van der Waals surface area contributed by atoms with Crippen LogP contribution < -0.4 is 5.32 Å². The van der Waals surface area contributed by atoms with Crippen molar-refractivity contribution in [1.29, 1.82) is 5.26 Å². The molecule has 1 aliphatic carbocycles. The van der Waals surface area contributed by atoms with Gasteiger partial charge in [-0.3, -0.25) is 14.5 Å². The van der Waals surface area contributed by atoms with Crippen LogP contribution in [0.5, 0.6) is 0 Å². The Morgan fingerprint density at radius 1 is 1.52 bits per heavy atom. The quantitative estimate of drug-likeness (QED) is 0.763. The largest absolute Gasteiger partial charge is 0.480 e. The number of carbonyl (C=O) groups excluding carboxylic acids is 1. The summed E-state index contributed by atoms with van der Waals surface area (Å²) in [7, 11) is 0. The lowest BCUT2D eigenvalue weighted by Crippen LogP contribution is -2.34. The molecule has 0 aromatic carbocycles. The number of hydrogen-bond acceptors (Lipinski definition) is 5. The zero-order valence-corrected chi connectivity index (χ0v) is 12.4. The number of nitrogens with zero attached hydrogens (tertiary/aromatic N) is 2. The Hall–Kier alpha value is -1.91. The van der Waals surface area contributed by atoms with Crippen molar-refractivity contribution < 1.29 is 14.7 Å². The van der Waals surface area contributed by atoms with E-state index in [1.54, 1.807) is 16.3 Å². The predicted octanol–water partition coefficient (Wildman–Crippen LogP) is 1.74. The van der Waals surface area contributed by atoms with Crippen molar-refractivity contribution in [3.8, 4) is 6.07 Å². The molecule has 0 saturated heterocycles. The normalized spacial score (nSPS) is 13.9. The second-order valence-corrected chi connectivity index (χ2v) is 6.06. The molecule has 2 rings (SSSR count). The number of nitrogens with one attached hydrogen (secondary N) is 1. The summed E-state index contributed by atoms with van der Waals surface area (Å²) in [6.07, 6.45) is 2.51. The molecular weight excluding hydrogens is 290 g/mol. The summed E-state index contributed by atoms with van der Waals surface area (Å²) in [5.74, 6) is -0.490. The lowest BCUT2D eigenvalue weighted by molar-refractivity contribution is -0.138. The Labute approximate surface area is 127 Å². The fourth-order valence-electron chi connectivity index (χ4n) is 2.03. The summed E-state index contributed by atoms with van der Waals surface area (Å²) >= 11 is 1.31. The van der Waals surface area contributed by atoms with Crippen LogP contribution in [0.3, 0.4) is 0 Å². The molecular formula is C14H17N3O3S. The average Bonchev–Trinajstić information content (AvgIpc) is 3.13. The third kappa shape index (κ3) is 5.17. The Kier molecular flexibility index (Phi) is 5.31. The minimum absolute atomic E-state index is 0.0355. The number of rotatable bonds is 8. The molecule has 0 unspecified atom stereocenters. The number of amides is 1. The molecule has 1 saturated carbocycles. The van der Waals surface area contributed by atoms with Gasteiger partial charge in [0, 0.05) is 19.5 Å². The number of thiophene rings is 1. The third-order valence-corrected chi connectivity index (χ3v) is 4.10. The summed E-state index contributed by atoms with van der Waals surface area (Å²) in [6, 6.07) is 3.67. The fraction of sp³-hybridized carbons (Fsp3) is 0.500. The van der Waals surface area contributed by atoms with Gasteiger partial charge in [-0.05, 0) is 30.2 Å². The van der Waals surface area contributed by atoms with E-state index in [2.05, 4.69) is 5.32 Å². The van der Waals surface area contributed by atoms with E-state index >= 15 is 0 Å². The number of aliphatic carboxylic acids is 1. The summed E-state index contributed by atoms with van der Waals surface area (Å²) in [5.41, 5.74) is 0.453. The van der Waals surface area contributed by atoms with Gasteiger partial charge in [-0.2, -0.15) is 5.26 Å². The van der Waals surface area contributed by atoms with Crippen LogP contribution in [-0.2, 0) is 9.59 Å². The van der Waals surface area contributed by atoms with Crippen LogP contribution in [-0.4, -0.2) is 41.5 Å². The molecule has 112 valence electrons.